The van der Waals surface area contributed by atoms with Gasteiger partial charge in [0.25, 0.3) is 0 Å². The van der Waals surface area contributed by atoms with Crippen molar-refractivity contribution in [3.05, 3.63) is 64.2 Å². The average Bonchev–Trinajstić information content (AvgIpc) is 2.43. The van der Waals surface area contributed by atoms with Gasteiger partial charge in [0.1, 0.15) is 17.7 Å². The topological polar surface area (TPSA) is 40.9 Å². The van der Waals surface area contributed by atoms with Crippen LogP contribution in [0.5, 0.6) is 0 Å². The van der Waals surface area contributed by atoms with Crippen molar-refractivity contribution in [2.75, 3.05) is 0 Å². The molecule has 102 valence electrons. The van der Waals surface area contributed by atoms with Crippen LogP contribution in [0.15, 0.2) is 41.3 Å². The first-order valence-corrected chi connectivity index (χ1v) is 7.23. The molecule has 2 nitrogen and oxygen atoms in total. The number of hydrogen-bond acceptors (Lipinski definition) is 2. The Morgan fingerprint density at radius 1 is 1.15 bits per heavy atom. The maximum atomic E-state index is 13.2. The molecular formula is C14H8ClF2NOS. The Kier molecular flexibility index (Phi) is 4.48. The number of benzene rings is 2. The van der Waals surface area contributed by atoms with Gasteiger partial charge in [0.2, 0.25) is 0 Å². The Hall–Kier alpha value is -1.77. The summed E-state index contributed by atoms with van der Waals surface area (Å²) in [5, 5.41) is 8.63. The Balaban J connectivity index is 2.23. The molecular weight excluding hydrogens is 304 g/mol. The standard InChI is InChI=1S/C14H8ClF2NOS/c15-12-6-11(2-4-14(12)17)20(19)8-9-1-3-13(16)10(5-9)7-18/h1-6H,8H2. The number of rotatable bonds is 3. The molecule has 0 aliphatic heterocycles. The maximum absolute atomic E-state index is 13.2. The Bertz CT molecular complexity index is 728. The minimum absolute atomic E-state index is 0.0942. The van der Waals surface area contributed by atoms with Gasteiger partial charge in [-0.15, -0.1) is 0 Å². The smallest absolute Gasteiger partial charge is 0.141 e. The van der Waals surface area contributed by atoms with E-state index in [4.69, 9.17) is 16.9 Å². The molecule has 20 heavy (non-hydrogen) atoms. The summed E-state index contributed by atoms with van der Waals surface area (Å²) in [4.78, 5) is 0.374. The molecule has 2 rings (SSSR count). The molecule has 0 aromatic heterocycles. The van der Waals surface area contributed by atoms with Crippen LogP contribution in [0.25, 0.3) is 0 Å². The molecule has 6 heteroatoms. The summed E-state index contributed by atoms with van der Waals surface area (Å²) in [5.41, 5.74) is 0.457. The number of halogens is 3. The third-order valence-electron chi connectivity index (χ3n) is 2.60. The van der Waals surface area contributed by atoms with E-state index in [0.29, 0.717) is 10.5 Å². The minimum Gasteiger partial charge on any atom is -0.254 e. The lowest BCUT2D eigenvalue weighted by molar-refractivity contribution is 0.623. The van der Waals surface area contributed by atoms with Crippen molar-refractivity contribution in [2.24, 2.45) is 0 Å². The van der Waals surface area contributed by atoms with Gasteiger partial charge in [0.15, 0.2) is 0 Å². The summed E-state index contributed by atoms with van der Waals surface area (Å²) in [6.45, 7) is 0. The van der Waals surface area contributed by atoms with Gasteiger partial charge < -0.3 is 0 Å². The molecule has 2 aromatic rings. The summed E-state index contributed by atoms with van der Waals surface area (Å²) in [7, 11) is -1.45. The first kappa shape index (κ1) is 14.6. The molecule has 1 atom stereocenters. The third kappa shape index (κ3) is 3.21. The van der Waals surface area contributed by atoms with Crippen LogP contribution in [0.2, 0.25) is 5.02 Å². The van der Waals surface area contributed by atoms with Gasteiger partial charge in [-0.3, -0.25) is 4.21 Å². The molecule has 0 fully saturated rings. The fourth-order valence-electron chi connectivity index (χ4n) is 1.60. The van der Waals surface area contributed by atoms with E-state index in [0.717, 1.165) is 12.1 Å². The van der Waals surface area contributed by atoms with Crippen LogP contribution in [-0.4, -0.2) is 4.21 Å². The van der Waals surface area contributed by atoms with Crippen LogP contribution in [0.1, 0.15) is 11.1 Å². The Morgan fingerprint density at radius 3 is 2.50 bits per heavy atom. The van der Waals surface area contributed by atoms with E-state index in [1.165, 1.54) is 24.3 Å². The van der Waals surface area contributed by atoms with Crippen LogP contribution in [0.4, 0.5) is 8.78 Å². The van der Waals surface area contributed by atoms with Crippen LogP contribution in [-0.2, 0) is 16.6 Å². The molecule has 0 amide bonds. The second-order valence-electron chi connectivity index (χ2n) is 3.99. The van der Waals surface area contributed by atoms with E-state index in [1.54, 1.807) is 6.07 Å². The summed E-state index contributed by atoms with van der Waals surface area (Å²) >= 11 is 5.63. The quantitative estimate of drug-likeness (QED) is 0.865. The highest BCUT2D eigenvalue weighted by atomic mass is 35.5. The van der Waals surface area contributed by atoms with Gasteiger partial charge >= 0.3 is 0 Å². The largest absolute Gasteiger partial charge is 0.254 e. The highest BCUT2D eigenvalue weighted by molar-refractivity contribution is 7.84. The molecule has 0 aliphatic carbocycles. The van der Waals surface area contributed by atoms with Gasteiger partial charge in [0.05, 0.1) is 27.1 Å². The van der Waals surface area contributed by atoms with Crippen molar-refractivity contribution in [2.45, 2.75) is 10.6 Å². The van der Waals surface area contributed by atoms with E-state index in [9.17, 15) is 13.0 Å². The van der Waals surface area contributed by atoms with Crippen LogP contribution in [0, 0.1) is 23.0 Å². The first-order valence-electron chi connectivity index (χ1n) is 5.53. The summed E-state index contributed by atoms with van der Waals surface area (Å²) in [6.07, 6.45) is 0. The third-order valence-corrected chi connectivity index (χ3v) is 4.27. The van der Waals surface area contributed by atoms with E-state index in [-0.39, 0.29) is 16.3 Å². The van der Waals surface area contributed by atoms with Crippen molar-refractivity contribution in [3.8, 4) is 6.07 Å². The van der Waals surface area contributed by atoms with Gasteiger partial charge in [-0.1, -0.05) is 17.7 Å². The molecule has 0 N–H and O–H groups in total. The van der Waals surface area contributed by atoms with Crippen molar-refractivity contribution < 1.29 is 13.0 Å². The lowest BCUT2D eigenvalue weighted by atomic mass is 10.1. The number of hydrogen-bond donors (Lipinski definition) is 0. The zero-order chi connectivity index (χ0) is 14.7. The molecule has 0 saturated carbocycles. The van der Waals surface area contributed by atoms with Crippen LogP contribution < -0.4 is 0 Å². The normalized spacial score (nSPS) is 11.9. The molecule has 0 heterocycles. The fraction of sp³-hybridized carbons (Fsp3) is 0.0714. The summed E-state index contributed by atoms with van der Waals surface area (Å²) in [6, 6.07) is 9.49. The lowest BCUT2D eigenvalue weighted by Gasteiger charge is -2.04. The first-order chi connectivity index (χ1) is 9.51. The monoisotopic (exact) mass is 311 g/mol. The summed E-state index contributed by atoms with van der Waals surface area (Å²) in [5.74, 6) is -1.11. The second kappa shape index (κ2) is 6.12. The molecule has 0 radical (unpaired) electrons. The Morgan fingerprint density at radius 2 is 1.85 bits per heavy atom. The van der Waals surface area contributed by atoms with Crippen molar-refractivity contribution in [3.63, 3.8) is 0 Å². The van der Waals surface area contributed by atoms with E-state index in [1.807, 2.05) is 0 Å². The number of nitriles is 1. The fourth-order valence-corrected chi connectivity index (χ4v) is 2.96. The molecule has 1 unspecified atom stereocenters. The molecule has 0 saturated heterocycles. The average molecular weight is 312 g/mol. The van der Waals surface area contributed by atoms with Crippen LogP contribution >= 0.6 is 11.6 Å². The van der Waals surface area contributed by atoms with Crippen LogP contribution in [0.3, 0.4) is 0 Å². The highest BCUT2D eigenvalue weighted by Crippen LogP contribution is 2.20. The molecule has 0 bridgehead atoms. The highest BCUT2D eigenvalue weighted by Gasteiger charge is 2.10. The van der Waals surface area contributed by atoms with Crippen molar-refractivity contribution in [1.29, 1.82) is 5.26 Å². The zero-order valence-electron chi connectivity index (χ0n) is 10.1. The van der Waals surface area contributed by atoms with E-state index < -0.39 is 22.4 Å². The van der Waals surface area contributed by atoms with Gasteiger partial charge in [-0.05, 0) is 35.9 Å². The molecule has 2 aromatic carbocycles. The predicted molar refractivity (Wildman–Crippen MR) is 72.6 cm³/mol. The molecule has 0 spiro atoms. The minimum atomic E-state index is -1.45. The number of nitrogens with zero attached hydrogens (tertiary/aromatic N) is 1. The van der Waals surface area contributed by atoms with E-state index >= 15 is 0 Å². The second-order valence-corrected chi connectivity index (χ2v) is 5.85. The SMILES string of the molecule is N#Cc1cc(CS(=O)c2ccc(F)c(Cl)c2)ccc1F. The van der Waals surface area contributed by atoms with Gasteiger partial charge in [-0.2, -0.15) is 5.26 Å². The molecule has 0 aliphatic rings. The maximum Gasteiger partial charge on any atom is 0.141 e. The van der Waals surface area contributed by atoms with Crippen molar-refractivity contribution in [1.82, 2.24) is 0 Å². The lowest BCUT2D eigenvalue weighted by Crippen LogP contribution is -1.98. The van der Waals surface area contributed by atoms with Crippen molar-refractivity contribution >= 4 is 22.4 Å². The van der Waals surface area contributed by atoms with Gasteiger partial charge in [-0.25, -0.2) is 8.78 Å². The van der Waals surface area contributed by atoms with E-state index in [2.05, 4.69) is 0 Å². The zero-order valence-corrected chi connectivity index (χ0v) is 11.6. The summed E-state index contributed by atoms with van der Waals surface area (Å²) < 4.78 is 38.3. The predicted octanol–water partition coefficient (Wildman–Crippen LogP) is 3.80. The Labute approximate surface area is 122 Å². The van der Waals surface area contributed by atoms with Gasteiger partial charge in [0, 0.05) is 4.90 Å².